The summed E-state index contributed by atoms with van der Waals surface area (Å²) in [6.07, 6.45) is 3.53. The third-order valence-electron chi connectivity index (χ3n) is 4.25. The van der Waals surface area contributed by atoms with Crippen LogP contribution in [0.4, 0.5) is 0 Å². The van der Waals surface area contributed by atoms with Crippen LogP contribution in [-0.4, -0.2) is 21.5 Å². The molecule has 0 aliphatic heterocycles. The number of amides is 1. The number of rotatable bonds is 4. The molecule has 0 aliphatic rings. The number of carbonyl (C=O) groups is 1. The average molecular weight is 358 g/mol. The first-order chi connectivity index (χ1) is 13.1. The molecule has 0 saturated carbocycles. The maximum absolute atomic E-state index is 12.3. The van der Waals surface area contributed by atoms with E-state index in [4.69, 9.17) is 9.40 Å². The third kappa shape index (κ3) is 3.25. The average Bonchev–Trinajstić information content (AvgIpc) is 3.22. The Morgan fingerprint density at radius 2 is 1.93 bits per heavy atom. The van der Waals surface area contributed by atoms with Crippen LogP contribution in [0.3, 0.4) is 0 Å². The first kappa shape index (κ1) is 16.8. The van der Waals surface area contributed by atoms with Crippen molar-refractivity contribution in [2.24, 2.45) is 5.10 Å². The predicted molar refractivity (Wildman–Crippen MR) is 104 cm³/mol. The molecule has 0 aliphatic carbocycles. The second-order valence-electron chi connectivity index (χ2n) is 6.17. The van der Waals surface area contributed by atoms with Crippen LogP contribution in [0.2, 0.25) is 0 Å². The normalized spacial score (nSPS) is 11.3. The summed E-state index contributed by atoms with van der Waals surface area (Å²) < 4.78 is 7.33. The fourth-order valence-electron chi connectivity index (χ4n) is 3.02. The van der Waals surface area contributed by atoms with Crippen molar-refractivity contribution in [3.05, 3.63) is 83.6 Å². The van der Waals surface area contributed by atoms with Crippen molar-refractivity contribution in [1.29, 1.82) is 0 Å². The Labute approximate surface area is 156 Å². The topological polar surface area (TPSA) is 71.9 Å². The van der Waals surface area contributed by atoms with E-state index in [1.807, 2.05) is 59.1 Å². The first-order valence-corrected chi connectivity index (χ1v) is 8.56. The summed E-state index contributed by atoms with van der Waals surface area (Å²) in [5.41, 5.74) is 6.42. The minimum absolute atomic E-state index is 0.310. The van der Waals surface area contributed by atoms with E-state index >= 15 is 0 Å². The highest BCUT2D eigenvalue weighted by Gasteiger charge is 2.14. The monoisotopic (exact) mass is 358 g/mol. The van der Waals surface area contributed by atoms with Gasteiger partial charge in [-0.3, -0.25) is 9.20 Å². The number of hydrogen-bond acceptors (Lipinski definition) is 4. The van der Waals surface area contributed by atoms with Crippen molar-refractivity contribution < 1.29 is 9.21 Å². The lowest BCUT2D eigenvalue weighted by Gasteiger charge is -2.01. The van der Waals surface area contributed by atoms with E-state index in [0.717, 1.165) is 22.6 Å². The number of benzene rings is 1. The van der Waals surface area contributed by atoms with Gasteiger partial charge < -0.3 is 4.42 Å². The van der Waals surface area contributed by atoms with Gasteiger partial charge in [-0.05, 0) is 32.0 Å². The summed E-state index contributed by atoms with van der Waals surface area (Å²) in [5.74, 6) is 0.949. The van der Waals surface area contributed by atoms with Gasteiger partial charge >= 0.3 is 0 Å². The van der Waals surface area contributed by atoms with Crippen molar-refractivity contribution in [3.8, 4) is 11.3 Å². The van der Waals surface area contributed by atoms with Crippen molar-refractivity contribution in [2.45, 2.75) is 13.8 Å². The number of pyridine rings is 1. The molecule has 0 spiro atoms. The highest BCUT2D eigenvalue weighted by atomic mass is 16.3. The molecule has 1 N–H and O–H groups in total. The summed E-state index contributed by atoms with van der Waals surface area (Å²) >= 11 is 0. The minimum atomic E-state index is -0.310. The zero-order valence-electron chi connectivity index (χ0n) is 15.0. The highest BCUT2D eigenvalue weighted by Crippen LogP contribution is 2.23. The maximum Gasteiger partial charge on any atom is 0.274 e. The number of hydrazone groups is 1. The van der Waals surface area contributed by atoms with E-state index < -0.39 is 0 Å². The highest BCUT2D eigenvalue weighted by molar-refractivity contribution is 5.96. The first-order valence-electron chi connectivity index (χ1n) is 8.56. The molecule has 0 saturated heterocycles. The maximum atomic E-state index is 12.3. The third-order valence-corrected chi connectivity index (χ3v) is 4.25. The molecule has 6 heteroatoms. The molecule has 3 aromatic heterocycles. The van der Waals surface area contributed by atoms with Gasteiger partial charge in [0, 0.05) is 11.8 Å². The quantitative estimate of drug-likeness (QED) is 0.443. The molecule has 1 amide bonds. The Morgan fingerprint density at radius 1 is 1.15 bits per heavy atom. The Hall–Kier alpha value is -3.67. The van der Waals surface area contributed by atoms with Crippen LogP contribution in [0.1, 0.15) is 27.6 Å². The molecule has 0 atom stereocenters. The zero-order chi connectivity index (χ0) is 18.8. The van der Waals surface area contributed by atoms with E-state index in [2.05, 4.69) is 10.5 Å². The van der Waals surface area contributed by atoms with Crippen LogP contribution in [0, 0.1) is 13.8 Å². The van der Waals surface area contributed by atoms with Crippen LogP contribution in [-0.2, 0) is 0 Å². The second-order valence-corrected chi connectivity index (χ2v) is 6.17. The van der Waals surface area contributed by atoms with Crippen molar-refractivity contribution >= 4 is 17.8 Å². The van der Waals surface area contributed by atoms with E-state index in [1.54, 1.807) is 26.1 Å². The molecule has 3 heterocycles. The Kier molecular flexibility index (Phi) is 4.30. The summed E-state index contributed by atoms with van der Waals surface area (Å²) in [6.45, 7) is 3.56. The van der Waals surface area contributed by atoms with Gasteiger partial charge in [-0.15, -0.1) is 0 Å². The van der Waals surface area contributed by atoms with Crippen LogP contribution in [0.25, 0.3) is 16.9 Å². The molecule has 0 radical (unpaired) electrons. The van der Waals surface area contributed by atoms with Crippen molar-refractivity contribution in [3.63, 3.8) is 0 Å². The number of nitrogens with zero attached hydrogens (tertiary/aromatic N) is 3. The van der Waals surface area contributed by atoms with Crippen LogP contribution in [0.5, 0.6) is 0 Å². The molecule has 4 aromatic rings. The molecule has 0 unspecified atom stereocenters. The van der Waals surface area contributed by atoms with Gasteiger partial charge in [0.15, 0.2) is 0 Å². The molecule has 0 bridgehead atoms. The number of nitrogens with one attached hydrogen (secondary N) is 1. The molecular formula is C21H18N4O2. The van der Waals surface area contributed by atoms with E-state index in [0.29, 0.717) is 17.1 Å². The van der Waals surface area contributed by atoms with Gasteiger partial charge in [0.05, 0.1) is 23.2 Å². The molecular weight excluding hydrogens is 340 g/mol. The van der Waals surface area contributed by atoms with Crippen LogP contribution < -0.4 is 5.43 Å². The van der Waals surface area contributed by atoms with E-state index in [9.17, 15) is 4.79 Å². The van der Waals surface area contributed by atoms with Gasteiger partial charge in [0.25, 0.3) is 5.91 Å². The summed E-state index contributed by atoms with van der Waals surface area (Å²) in [6, 6.07) is 17.4. The van der Waals surface area contributed by atoms with Gasteiger partial charge in [-0.2, -0.15) is 5.10 Å². The smallest absolute Gasteiger partial charge is 0.274 e. The molecule has 6 nitrogen and oxygen atoms in total. The molecule has 1 aromatic carbocycles. The molecule has 0 fully saturated rings. The predicted octanol–water partition coefficient (Wildman–Crippen LogP) is 3.98. The number of furan rings is 1. The van der Waals surface area contributed by atoms with Gasteiger partial charge in [-0.1, -0.05) is 36.4 Å². The number of imidazole rings is 1. The largest absolute Gasteiger partial charge is 0.466 e. The Balaban J connectivity index is 1.68. The van der Waals surface area contributed by atoms with E-state index in [-0.39, 0.29) is 5.91 Å². The summed E-state index contributed by atoms with van der Waals surface area (Å²) in [4.78, 5) is 17.0. The lowest BCUT2D eigenvalue weighted by molar-refractivity contribution is 0.0953. The second kappa shape index (κ2) is 6.92. The molecule has 134 valence electrons. The number of hydrogen-bond donors (Lipinski definition) is 1. The number of carbonyl (C=O) groups excluding carboxylic acids is 1. The fraction of sp³-hybridized carbons (Fsp3) is 0.0952. The SMILES string of the molecule is Cc1cc(C(=O)N/N=C\c2c(-c3ccccc3)nc3ccccn23)c(C)o1. The molecule has 4 rings (SSSR count). The summed E-state index contributed by atoms with van der Waals surface area (Å²) in [5, 5.41) is 4.15. The van der Waals surface area contributed by atoms with Gasteiger partial charge in [0.2, 0.25) is 0 Å². The Morgan fingerprint density at radius 3 is 2.67 bits per heavy atom. The van der Waals surface area contributed by atoms with Crippen LogP contribution >= 0.6 is 0 Å². The summed E-state index contributed by atoms with van der Waals surface area (Å²) in [7, 11) is 0. The Bertz CT molecular complexity index is 1140. The van der Waals surface area contributed by atoms with Crippen LogP contribution in [0.15, 0.2) is 70.3 Å². The minimum Gasteiger partial charge on any atom is -0.466 e. The standard InChI is InChI=1S/C21H18N4O2/c1-14-12-17(15(2)27-14)21(26)24-22-13-18-20(16-8-4-3-5-9-16)23-19-10-6-7-11-25(18)19/h3-13H,1-2H3,(H,24,26)/b22-13-. The van der Waals surface area contributed by atoms with Crippen molar-refractivity contribution in [2.75, 3.05) is 0 Å². The number of aromatic nitrogens is 2. The zero-order valence-corrected chi connectivity index (χ0v) is 15.0. The number of fused-ring (bicyclic) bond motifs is 1. The van der Waals surface area contributed by atoms with E-state index in [1.165, 1.54) is 0 Å². The lowest BCUT2D eigenvalue weighted by atomic mass is 10.1. The van der Waals surface area contributed by atoms with Gasteiger partial charge in [0.1, 0.15) is 17.2 Å². The molecule has 27 heavy (non-hydrogen) atoms. The number of aryl methyl sites for hydroxylation is 2. The van der Waals surface area contributed by atoms with Gasteiger partial charge in [-0.25, -0.2) is 10.4 Å². The fourth-order valence-corrected chi connectivity index (χ4v) is 3.02. The van der Waals surface area contributed by atoms with Crippen molar-refractivity contribution in [1.82, 2.24) is 14.8 Å². The lowest BCUT2D eigenvalue weighted by Crippen LogP contribution is -2.18.